The molecule has 30 heavy (non-hydrogen) atoms. The third-order valence-electron chi connectivity index (χ3n) is 4.09. The van der Waals surface area contributed by atoms with Crippen LogP contribution in [-0.4, -0.2) is 33.5 Å². The largest absolute Gasteiger partial charge is 0.497 e. The van der Waals surface area contributed by atoms with Crippen molar-refractivity contribution in [1.29, 1.82) is 5.26 Å². The Balaban J connectivity index is 1.74. The molecule has 1 aromatic heterocycles. The molecular formula is C21H18ClN5O2S. The van der Waals surface area contributed by atoms with Crippen molar-refractivity contribution in [1.82, 2.24) is 14.8 Å². The second-order valence-electron chi connectivity index (χ2n) is 6.07. The molecule has 0 bridgehead atoms. The van der Waals surface area contributed by atoms with Crippen LogP contribution in [0.15, 0.2) is 60.3 Å². The summed E-state index contributed by atoms with van der Waals surface area (Å²) in [4.78, 5) is 12.4. The summed E-state index contributed by atoms with van der Waals surface area (Å²) in [6.07, 6.45) is 1.74. The number of nitrogens with one attached hydrogen (secondary N) is 1. The Bertz CT molecular complexity index is 1110. The van der Waals surface area contributed by atoms with Crippen LogP contribution in [0.2, 0.25) is 5.02 Å². The molecule has 0 unspecified atom stereocenters. The number of aromatic nitrogens is 3. The fraction of sp³-hybridized carbons (Fsp3) is 0.143. The summed E-state index contributed by atoms with van der Waals surface area (Å²) in [7, 11) is 1.61. The number of amides is 1. The second kappa shape index (κ2) is 9.96. The van der Waals surface area contributed by atoms with Crippen molar-refractivity contribution in [3.63, 3.8) is 0 Å². The first-order valence-electron chi connectivity index (χ1n) is 8.86. The van der Waals surface area contributed by atoms with Gasteiger partial charge in [0.2, 0.25) is 5.91 Å². The van der Waals surface area contributed by atoms with Crippen LogP contribution in [-0.2, 0) is 11.3 Å². The van der Waals surface area contributed by atoms with Crippen molar-refractivity contribution in [3.8, 4) is 23.2 Å². The molecule has 0 spiro atoms. The number of anilines is 1. The van der Waals surface area contributed by atoms with Crippen LogP contribution < -0.4 is 10.1 Å². The van der Waals surface area contributed by atoms with Crippen molar-refractivity contribution < 1.29 is 9.53 Å². The number of carbonyl (C=O) groups is 1. The van der Waals surface area contributed by atoms with Crippen LogP contribution in [0.4, 0.5) is 5.69 Å². The Hall–Kier alpha value is -3.28. The number of allylic oxidation sites excluding steroid dienone is 1. The highest BCUT2D eigenvalue weighted by Crippen LogP contribution is 2.26. The average Bonchev–Trinajstić information content (AvgIpc) is 3.15. The summed E-state index contributed by atoms with van der Waals surface area (Å²) < 4.78 is 7.07. The molecule has 3 aromatic rings. The normalized spacial score (nSPS) is 10.3. The molecule has 0 radical (unpaired) electrons. The van der Waals surface area contributed by atoms with Gasteiger partial charge in [0.1, 0.15) is 11.8 Å². The lowest BCUT2D eigenvalue weighted by Crippen LogP contribution is -2.15. The summed E-state index contributed by atoms with van der Waals surface area (Å²) in [5, 5.41) is 21.4. The molecule has 0 atom stereocenters. The molecule has 1 heterocycles. The SMILES string of the molecule is C=CCn1c(SCC(=O)Nc2cc(Cl)ccc2C#N)nnc1-c1ccc(OC)cc1. The lowest BCUT2D eigenvalue weighted by Gasteiger charge is -2.09. The van der Waals surface area contributed by atoms with Gasteiger partial charge in [-0.2, -0.15) is 5.26 Å². The highest BCUT2D eigenvalue weighted by atomic mass is 35.5. The van der Waals surface area contributed by atoms with Crippen LogP contribution in [0.25, 0.3) is 11.4 Å². The van der Waals surface area contributed by atoms with Crippen LogP contribution in [0.1, 0.15) is 5.56 Å². The van der Waals surface area contributed by atoms with Gasteiger partial charge in [-0.1, -0.05) is 29.4 Å². The minimum Gasteiger partial charge on any atom is -0.497 e. The molecule has 1 amide bonds. The van der Waals surface area contributed by atoms with E-state index >= 15 is 0 Å². The number of rotatable bonds is 8. The number of hydrogen-bond donors (Lipinski definition) is 1. The van der Waals surface area contributed by atoms with E-state index in [4.69, 9.17) is 16.3 Å². The van der Waals surface area contributed by atoms with Gasteiger partial charge in [-0.05, 0) is 42.5 Å². The first-order chi connectivity index (χ1) is 14.5. The Morgan fingerprint density at radius 2 is 2.10 bits per heavy atom. The maximum Gasteiger partial charge on any atom is 0.234 e. The second-order valence-corrected chi connectivity index (χ2v) is 7.45. The molecule has 1 N–H and O–H groups in total. The standard InChI is InChI=1S/C21H18ClN5O2S/c1-3-10-27-20(14-5-8-17(29-2)9-6-14)25-26-21(27)30-13-19(28)24-18-11-16(22)7-4-15(18)12-23/h3-9,11H,1,10,13H2,2H3,(H,24,28). The van der Waals surface area contributed by atoms with Gasteiger partial charge in [-0.3, -0.25) is 9.36 Å². The molecule has 2 aromatic carbocycles. The Morgan fingerprint density at radius 1 is 1.33 bits per heavy atom. The van der Waals surface area contributed by atoms with Gasteiger partial charge in [0, 0.05) is 17.1 Å². The van der Waals surface area contributed by atoms with Gasteiger partial charge in [0.15, 0.2) is 11.0 Å². The maximum atomic E-state index is 12.4. The highest BCUT2D eigenvalue weighted by Gasteiger charge is 2.16. The van der Waals surface area contributed by atoms with E-state index in [1.54, 1.807) is 31.4 Å². The first-order valence-corrected chi connectivity index (χ1v) is 10.2. The number of halogens is 1. The third kappa shape index (κ3) is 5.00. The molecule has 0 aliphatic rings. The Labute approximate surface area is 183 Å². The molecule has 0 aliphatic heterocycles. The molecule has 0 saturated carbocycles. The summed E-state index contributed by atoms with van der Waals surface area (Å²) >= 11 is 7.21. The van der Waals surface area contributed by atoms with E-state index in [2.05, 4.69) is 22.1 Å². The Kier molecular flexibility index (Phi) is 7.12. The zero-order valence-electron chi connectivity index (χ0n) is 16.1. The van der Waals surface area contributed by atoms with Crippen molar-refractivity contribution in [2.75, 3.05) is 18.2 Å². The number of methoxy groups -OCH3 is 1. The van der Waals surface area contributed by atoms with Crippen molar-refractivity contribution in [3.05, 3.63) is 65.7 Å². The van der Waals surface area contributed by atoms with E-state index < -0.39 is 0 Å². The third-order valence-corrected chi connectivity index (χ3v) is 5.29. The number of nitriles is 1. The van der Waals surface area contributed by atoms with Crippen LogP contribution in [0, 0.1) is 11.3 Å². The average molecular weight is 440 g/mol. The highest BCUT2D eigenvalue weighted by molar-refractivity contribution is 7.99. The van der Waals surface area contributed by atoms with Gasteiger partial charge in [0.05, 0.1) is 24.1 Å². The molecular weight excluding hydrogens is 422 g/mol. The summed E-state index contributed by atoms with van der Waals surface area (Å²) in [5.74, 6) is 1.23. The predicted octanol–water partition coefficient (Wildman–Crippen LogP) is 4.40. The minimum atomic E-state index is -0.280. The van der Waals surface area contributed by atoms with Crippen molar-refractivity contribution >= 4 is 35.0 Å². The van der Waals surface area contributed by atoms with Crippen LogP contribution in [0.5, 0.6) is 5.75 Å². The topological polar surface area (TPSA) is 92.8 Å². The number of benzene rings is 2. The number of carbonyl (C=O) groups excluding carboxylic acids is 1. The summed E-state index contributed by atoms with van der Waals surface area (Å²) in [6, 6.07) is 14.2. The quantitative estimate of drug-likeness (QED) is 0.413. The van der Waals surface area contributed by atoms with Gasteiger partial charge >= 0.3 is 0 Å². The maximum absolute atomic E-state index is 12.4. The molecule has 0 aliphatic carbocycles. The molecule has 3 rings (SSSR count). The smallest absolute Gasteiger partial charge is 0.234 e. The molecule has 7 nitrogen and oxygen atoms in total. The first kappa shape index (κ1) is 21.4. The van der Waals surface area contributed by atoms with Crippen LogP contribution in [0.3, 0.4) is 0 Å². The molecule has 0 saturated heterocycles. The minimum absolute atomic E-state index is 0.0925. The number of thioether (sulfide) groups is 1. The van der Waals surface area contributed by atoms with Gasteiger partial charge in [-0.25, -0.2) is 0 Å². The lowest BCUT2D eigenvalue weighted by molar-refractivity contribution is -0.113. The van der Waals surface area contributed by atoms with E-state index in [0.717, 1.165) is 11.3 Å². The van der Waals surface area contributed by atoms with E-state index in [1.165, 1.54) is 11.8 Å². The zero-order valence-corrected chi connectivity index (χ0v) is 17.7. The molecule has 9 heteroatoms. The Morgan fingerprint density at radius 3 is 2.77 bits per heavy atom. The van der Waals surface area contributed by atoms with E-state index in [9.17, 15) is 10.1 Å². The molecule has 0 fully saturated rings. The lowest BCUT2D eigenvalue weighted by atomic mass is 10.2. The monoisotopic (exact) mass is 439 g/mol. The number of nitrogens with zero attached hydrogens (tertiary/aromatic N) is 4. The number of ether oxygens (including phenoxy) is 1. The van der Waals surface area contributed by atoms with Crippen molar-refractivity contribution in [2.45, 2.75) is 11.7 Å². The predicted molar refractivity (Wildman–Crippen MR) is 118 cm³/mol. The van der Waals surface area contributed by atoms with Gasteiger partial charge < -0.3 is 10.1 Å². The molecule has 152 valence electrons. The summed E-state index contributed by atoms with van der Waals surface area (Å²) in [6.45, 7) is 4.28. The van der Waals surface area contributed by atoms with Crippen molar-refractivity contribution in [2.24, 2.45) is 0 Å². The van der Waals surface area contributed by atoms with E-state index in [0.29, 0.717) is 33.8 Å². The van der Waals surface area contributed by atoms with Gasteiger partial charge in [0.25, 0.3) is 0 Å². The fourth-order valence-corrected chi connectivity index (χ4v) is 3.60. The van der Waals surface area contributed by atoms with E-state index in [-0.39, 0.29) is 11.7 Å². The zero-order chi connectivity index (χ0) is 21.5. The van der Waals surface area contributed by atoms with Gasteiger partial charge in [-0.15, -0.1) is 16.8 Å². The van der Waals surface area contributed by atoms with Crippen LogP contribution >= 0.6 is 23.4 Å². The fourth-order valence-electron chi connectivity index (χ4n) is 2.68. The van der Waals surface area contributed by atoms with E-state index in [1.807, 2.05) is 34.9 Å². The number of hydrogen-bond acceptors (Lipinski definition) is 6. The summed E-state index contributed by atoms with van der Waals surface area (Å²) in [5.41, 5.74) is 1.59.